The Hall–Kier alpha value is -0.620. The lowest BCUT2D eigenvalue weighted by atomic mass is 10.1. The van der Waals surface area contributed by atoms with Crippen LogP contribution in [0.3, 0.4) is 0 Å². The van der Waals surface area contributed by atoms with Gasteiger partial charge in [0.2, 0.25) is 0 Å². The summed E-state index contributed by atoms with van der Waals surface area (Å²) >= 11 is 5.90. The van der Waals surface area contributed by atoms with Crippen LogP contribution in [0, 0.1) is 0 Å². The number of hydrogen-bond acceptors (Lipinski definition) is 4. The van der Waals surface area contributed by atoms with Gasteiger partial charge in [-0.25, -0.2) is 4.18 Å². The van der Waals surface area contributed by atoms with Gasteiger partial charge in [-0.1, -0.05) is 29.8 Å². The van der Waals surface area contributed by atoms with Crippen molar-refractivity contribution < 1.29 is 17.7 Å². The molecule has 1 atom stereocenters. The zero-order valence-corrected chi connectivity index (χ0v) is 10.3. The quantitative estimate of drug-likeness (QED) is 0.648. The van der Waals surface area contributed by atoms with Crippen LogP contribution in [0.2, 0.25) is 5.02 Å². The number of hydrogen-bond donors (Lipinski definition) is 1. The summed E-state index contributed by atoms with van der Waals surface area (Å²) < 4.78 is 25.8. The van der Waals surface area contributed by atoms with E-state index in [0.29, 0.717) is 11.4 Å². The third kappa shape index (κ3) is 4.94. The van der Waals surface area contributed by atoms with Crippen LogP contribution in [0.25, 0.3) is 0 Å². The van der Waals surface area contributed by atoms with Crippen LogP contribution in [0.4, 0.5) is 0 Å². The van der Waals surface area contributed by atoms with Gasteiger partial charge in [0.25, 0.3) is 10.1 Å². The van der Waals surface area contributed by atoms with Crippen LogP contribution in [0.15, 0.2) is 24.3 Å². The summed E-state index contributed by atoms with van der Waals surface area (Å²) in [6.07, 6.45) is 0.199. The average molecular weight is 265 g/mol. The second-order valence-electron chi connectivity index (χ2n) is 3.39. The lowest BCUT2D eigenvalue weighted by Gasteiger charge is -2.10. The van der Waals surface area contributed by atoms with Crippen LogP contribution < -0.4 is 0 Å². The van der Waals surface area contributed by atoms with E-state index in [2.05, 4.69) is 4.18 Å². The molecule has 0 heterocycles. The predicted molar refractivity (Wildman–Crippen MR) is 61.7 cm³/mol. The van der Waals surface area contributed by atoms with Gasteiger partial charge < -0.3 is 5.11 Å². The predicted octanol–water partition coefficient (Wildman–Crippen LogP) is 1.57. The van der Waals surface area contributed by atoms with Crippen molar-refractivity contribution in [1.82, 2.24) is 0 Å². The largest absolute Gasteiger partial charge is 0.367 e. The van der Waals surface area contributed by atoms with E-state index in [0.717, 1.165) is 11.8 Å². The Bertz CT molecular complexity index is 444. The molecule has 0 aliphatic heterocycles. The minimum atomic E-state index is -3.62. The highest BCUT2D eigenvalue weighted by atomic mass is 35.5. The summed E-state index contributed by atoms with van der Waals surface area (Å²) in [6, 6.07) is 7.18. The summed E-state index contributed by atoms with van der Waals surface area (Å²) in [5.41, 5.74) is 0.848. The maximum atomic E-state index is 10.7. The van der Waals surface area contributed by atoms with Crippen molar-refractivity contribution in [1.29, 1.82) is 0 Å². The van der Waals surface area contributed by atoms with Crippen molar-refractivity contribution in [3.8, 4) is 0 Å². The lowest BCUT2D eigenvalue weighted by molar-refractivity contribution is -0.0165. The molecule has 0 aliphatic rings. The summed E-state index contributed by atoms with van der Waals surface area (Å²) in [6.45, 7) is 0. The average Bonchev–Trinajstić information content (AvgIpc) is 2.14. The van der Waals surface area contributed by atoms with E-state index in [-0.39, 0.29) is 6.42 Å². The van der Waals surface area contributed by atoms with E-state index >= 15 is 0 Å². The number of rotatable bonds is 5. The fraction of sp³-hybridized carbons (Fsp3) is 0.400. The molecular weight excluding hydrogens is 252 g/mol. The Kier molecular flexibility index (Phi) is 4.73. The molecule has 4 nitrogen and oxygen atoms in total. The SMILES string of the molecule is CS(=O)(=O)OC(O)CCc1ccccc1Cl. The molecule has 1 N–H and O–H groups in total. The van der Waals surface area contributed by atoms with E-state index < -0.39 is 16.4 Å². The minimum Gasteiger partial charge on any atom is -0.367 e. The van der Waals surface area contributed by atoms with Gasteiger partial charge in [-0.15, -0.1) is 0 Å². The van der Waals surface area contributed by atoms with Crippen LogP contribution in [-0.4, -0.2) is 26.1 Å². The fourth-order valence-corrected chi connectivity index (χ4v) is 1.96. The first-order valence-electron chi connectivity index (χ1n) is 4.68. The zero-order chi connectivity index (χ0) is 12.2. The van der Waals surface area contributed by atoms with Crippen molar-refractivity contribution in [3.05, 3.63) is 34.9 Å². The van der Waals surface area contributed by atoms with Crippen LogP contribution in [-0.2, 0) is 20.7 Å². The van der Waals surface area contributed by atoms with E-state index in [1.54, 1.807) is 12.1 Å². The highest BCUT2D eigenvalue weighted by Crippen LogP contribution is 2.17. The van der Waals surface area contributed by atoms with E-state index in [1.807, 2.05) is 12.1 Å². The second kappa shape index (κ2) is 5.63. The Morgan fingerprint density at radius 1 is 1.44 bits per heavy atom. The van der Waals surface area contributed by atoms with Crippen molar-refractivity contribution in [3.63, 3.8) is 0 Å². The molecule has 0 saturated carbocycles. The van der Waals surface area contributed by atoms with Gasteiger partial charge in [0.1, 0.15) is 0 Å². The van der Waals surface area contributed by atoms with E-state index in [1.165, 1.54) is 0 Å². The van der Waals surface area contributed by atoms with Gasteiger partial charge in [0, 0.05) is 11.4 Å². The zero-order valence-electron chi connectivity index (χ0n) is 8.76. The van der Waals surface area contributed by atoms with Gasteiger partial charge >= 0.3 is 0 Å². The molecular formula is C10H13ClO4S. The van der Waals surface area contributed by atoms with Crippen molar-refractivity contribution in [2.75, 3.05) is 6.26 Å². The van der Waals surface area contributed by atoms with Crippen molar-refractivity contribution >= 4 is 21.7 Å². The molecule has 1 unspecified atom stereocenters. The molecule has 1 aromatic carbocycles. The highest BCUT2D eigenvalue weighted by molar-refractivity contribution is 7.86. The molecule has 6 heteroatoms. The van der Waals surface area contributed by atoms with E-state index in [4.69, 9.17) is 11.6 Å². The second-order valence-corrected chi connectivity index (χ2v) is 5.39. The minimum absolute atomic E-state index is 0.177. The van der Waals surface area contributed by atoms with Gasteiger partial charge in [-0.2, -0.15) is 8.42 Å². The van der Waals surface area contributed by atoms with Crippen LogP contribution >= 0.6 is 11.6 Å². The molecule has 0 amide bonds. The number of halogens is 1. The summed E-state index contributed by atoms with van der Waals surface area (Å²) in [4.78, 5) is 0. The summed E-state index contributed by atoms with van der Waals surface area (Å²) in [5, 5.41) is 9.88. The summed E-state index contributed by atoms with van der Waals surface area (Å²) in [7, 11) is -3.62. The van der Waals surface area contributed by atoms with Crippen LogP contribution in [0.1, 0.15) is 12.0 Å². The first-order chi connectivity index (χ1) is 7.38. The molecule has 0 aliphatic carbocycles. The molecule has 16 heavy (non-hydrogen) atoms. The van der Waals surface area contributed by atoms with Gasteiger partial charge in [-0.05, 0) is 18.1 Å². The molecule has 1 aromatic rings. The Labute approximate surface area is 99.9 Å². The smallest absolute Gasteiger partial charge is 0.266 e. The fourth-order valence-electron chi connectivity index (χ4n) is 1.23. The number of benzene rings is 1. The molecule has 0 radical (unpaired) electrons. The first-order valence-corrected chi connectivity index (χ1v) is 6.87. The molecule has 1 rings (SSSR count). The van der Waals surface area contributed by atoms with Gasteiger partial charge in [0.05, 0.1) is 6.26 Å². The number of aliphatic hydroxyl groups excluding tert-OH is 1. The summed E-state index contributed by atoms with van der Waals surface area (Å²) in [5.74, 6) is 0. The molecule has 0 aromatic heterocycles. The van der Waals surface area contributed by atoms with Crippen molar-refractivity contribution in [2.24, 2.45) is 0 Å². The lowest BCUT2D eigenvalue weighted by Crippen LogP contribution is -2.17. The topological polar surface area (TPSA) is 63.6 Å². The Balaban J connectivity index is 2.49. The first kappa shape index (κ1) is 13.4. The highest BCUT2D eigenvalue weighted by Gasteiger charge is 2.12. The maximum absolute atomic E-state index is 10.7. The molecule has 0 bridgehead atoms. The Morgan fingerprint density at radius 2 is 2.06 bits per heavy atom. The number of aliphatic hydroxyl groups is 1. The van der Waals surface area contributed by atoms with Crippen LogP contribution in [0.5, 0.6) is 0 Å². The maximum Gasteiger partial charge on any atom is 0.266 e. The Morgan fingerprint density at radius 3 is 2.62 bits per heavy atom. The molecule has 0 spiro atoms. The van der Waals surface area contributed by atoms with Gasteiger partial charge in [-0.3, -0.25) is 0 Å². The normalized spacial score (nSPS) is 13.7. The van der Waals surface area contributed by atoms with Gasteiger partial charge in [0.15, 0.2) is 6.29 Å². The molecule has 0 saturated heterocycles. The third-order valence-electron chi connectivity index (χ3n) is 1.90. The standard InChI is InChI=1S/C10H13ClO4S/c1-16(13,14)15-10(12)7-6-8-4-2-3-5-9(8)11/h2-5,10,12H,6-7H2,1H3. The third-order valence-corrected chi connectivity index (χ3v) is 2.84. The van der Waals surface area contributed by atoms with Crippen molar-refractivity contribution in [2.45, 2.75) is 19.1 Å². The molecule has 90 valence electrons. The molecule has 0 fully saturated rings. The van der Waals surface area contributed by atoms with E-state index in [9.17, 15) is 13.5 Å². The number of aryl methyl sites for hydroxylation is 1. The monoisotopic (exact) mass is 264 g/mol.